The largest absolute Gasteiger partial charge is 0.495 e. The fraction of sp³-hybridized carbons (Fsp3) is 0.562. The third-order valence-corrected chi connectivity index (χ3v) is 3.69. The molecule has 0 aliphatic carbocycles. The van der Waals surface area contributed by atoms with Gasteiger partial charge in [0.1, 0.15) is 5.75 Å². The second kappa shape index (κ2) is 7.43. The highest BCUT2D eigenvalue weighted by atomic mass is 16.5. The maximum absolute atomic E-state index is 12.5. The van der Waals surface area contributed by atoms with Crippen molar-refractivity contribution in [3.8, 4) is 5.75 Å². The number of hydrogen-bond acceptors (Lipinski definition) is 4. The first-order chi connectivity index (χ1) is 10.2. The Balaban J connectivity index is 2.05. The molecule has 0 radical (unpaired) electrons. The number of methoxy groups -OCH3 is 1. The van der Waals surface area contributed by atoms with Gasteiger partial charge in [-0.05, 0) is 37.6 Å². The van der Waals surface area contributed by atoms with Gasteiger partial charge in [0.15, 0.2) is 0 Å². The number of anilines is 1. The minimum Gasteiger partial charge on any atom is -0.495 e. The van der Waals surface area contributed by atoms with Crippen LogP contribution in [-0.4, -0.2) is 38.8 Å². The van der Waals surface area contributed by atoms with E-state index in [0.29, 0.717) is 24.7 Å². The maximum atomic E-state index is 12.5. The molecule has 1 amide bonds. The Kier molecular flexibility index (Phi) is 5.59. The van der Waals surface area contributed by atoms with E-state index >= 15 is 0 Å². The van der Waals surface area contributed by atoms with Gasteiger partial charge in [0.25, 0.3) is 0 Å². The topological polar surface area (TPSA) is 59.6 Å². The maximum Gasteiger partial charge on any atom is 0.231 e. The van der Waals surface area contributed by atoms with Crippen LogP contribution in [0.2, 0.25) is 0 Å². The van der Waals surface area contributed by atoms with Crippen molar-refractivity contribution >= 4 is 11.6 Å². The SMILES string of the molecule is CCCNC1COCC1C(=O)Nc1cc(C)ccc1OC. The van der Waals surface area contributed by atoms with Crippen molar-refractivity contribution in [2.24, 2.45) is 5.92 Å². The molecule has 116 valence electrons. The van der Waals surface area contributed by atoms with Crippen LogP contribution in [0.3, 0.4) is 0 Å². The van der Waals surface area contributed by atoms with E-state index in [1.54, 1.807) is 7.11 Å². The van der Waals surface area contributed by atoms with Crippen molar-refractivity contribution in [2.75, 3.05) is 32.2 Å². The second-order valence-corrected chi connectivity index (χ2v) is 5.40. The summed E-state index contributed by atoms with van der Waals surface area (Å²) < 4.78 is 10.7. The molecule has 1 saturated heterocycles. The standard InChI is InChI=1S/C16H24N2O3/c1-4-7-17-14-10-21-9-12(14)16(19)18-13-8-11(2)5-6-15(13)20-3/h5-6,8,12,14,17H,4,7,9-10H2,1-3H3,(H,18,19). The van der Waals surface area contributed by atoms with Gasteiger partial charge in [-0.2, -0.15) is 0 Å². The third kappa shape index (κ3) is 3.95. The molecule has 5 heteroatoms. The number of rotatable bonds is 6. The summed E-state index contributed by atoms with van der Waals surface area (Å²) in [6, 6.07) is 5.82. The first-order valence-electron chi connectivity index (χ1n) is 7.42. The van der Waals surface area contributed by atoms with Crippen LogP contribution in [0.5, 0.6) is 5.75 Å². The summed E-state index contributed by atoms with van der Waals surface area (Å²) in [7, 11) is 1.60. The van der Waals surface area contributed by atoms with E-state index in [1.807, 2.05) is 25.1 Å². The van der Waals surface area contributed by atoms with Crippen molar-refractivity contribution < 1.29 is 14.3 Å². The Morgan fingerprint density at radius 3 is 2.95 bits per heavy atom. The van der Waals surface area contributed by atoms with E-state index in [0.717, 1.165) is 18.5 Å². The zero-order valence-electron chi connectivity index (χ0n) is 12.9. The van der Waals surface area contributed by atoms with Crippen LogP contribution in [0.1, 0.15) is 18.9 Å². The molecule has 2 N–H and O–H groups in total. The number of benzene rings is 1. The number of aryl methyl sites for hydroxylation is 1. The minimum absolute atomic E-state index is 0.0231. The van der Waals surface area contributed by atoms with E-state index in [9.17, 15) is 4.79 Å². The van der Waals surface area contributed by atoms with E-state index in [2.05, 4.69) is 17.6 Å². The number of hydrogen-bond donors (Lipinski definition) is 2. The van der Waals surface area contributed by atoms with Crippen LogP contribution in [0.25, 0.3) is 0 Å². The van der Waals surface area contributed by atoms with Crippen molar-refractivity contribution in [1.29, 1.82) is 0 Å². The van der Waals surface area contributed by atoms with Crippen LogP contribution in [-0.2, 0) is 9.53 Å². The van der Waals surface area contributed by atoms with Gasteiger partial charge < -0.3 is 20.1 Å². The molecule has 0 saturated carbocycles. The Morgan fingerprint density at radius 1 is 1.43 bits per heavy atom. The molecule has 1 aliphatic heterocycles. The Bertz CT molecular complexity index is 490. The summed E-state index contributed by atoms with van der Waals surface area (Å²) in [5.41, 5.74) is 1.79. The molecule has 1 fully saturated rings. The number of carbonyl (C=O) groups is 1. The third-order valence-electron chi connectivity index (χ3n) is 3.69. The highest BCUT2D eigenvalue weighted by Crippen LogP contribution is 2.26. The van der Waals surface area contributed by atoms with Crippen LogP contribution in [0.4, 0.5) is 5.69 Å². The van der Waals surface area contributed by atoms with Crippen LogP contribution >= 0.6 is 0 Å². The smallest absolute Gasteiger partial charge is 0.231 e. The van der Waals surface area contributed by atoms with Crippen LogP contribution in [0.15, 0.2) is 18.2 Å². The summed E-state index contributed by atoms with van der Waals surface area (Å²) in [4.78, 5) is 12.5. The summed E-state index contributed by atoms with van der Waals surface area (Å²) in [6.07, 6.45) is 1.04. The van der Waals surface area contributed by atoms with Gasteiger partial charge in [0.2, 0.25) is 5.91 Å². The van der Waals surface area contributed by atoms with Crippen molar-refractivity contribution in [3.05, 3.63) is 23.8 Å². The molecular weight excluding hydrogens is 268 g/mol. The monoisotopic (exact) mass is 292 g/mol. The molecule has 1 aliphatic rings. The molecule has 1 aromatic carbocycles. The molecule has 21 heavy (non-hydrogen) atoms. The van der Waals surface area contributed by atoms with Crippen molar-refractivity contribution in [2.45, 2.75) is 26.3 Å². The average molecular weight is 292 g/mol. The van der Waals surface area contributed by atoms with Gasteiger partial charge in [-0.3, -0.25) is 4.79 Å². The lowest BCUT2D eigenvalue weighted by atomic mass is 10.0. The van der Waals surface area contributed by atoms with Gasteiger partial charge in [0.05, 0.1) is 31.9 Å². The number of nitrogens with one attached hydrogen (secondary N) is 2. The second-order valence-electron chi connectivity index (χ2n) is 5.40. The molecule has 1 aromatic rings. The van der Waals surface area contributed by atoms with Gasteiger partial charge in [-0.25, -0.2) is 0 Å². The predicted octanol–water partition coefficient (Wildman–Crippen LogP) is 1.96. The molecule has 0 bridgehead atoms. The number of ether oxygens (including phenoxy) is 2. The first-order valence-corrected chi connectivity index (χ1v) is 7.42. The molecule has 2 atom stereocenters. The average Bonchev–Trinajstić information content (AvgIpc) is 2.94. The molecule has 2 unspecified atom stereocenters. The fourth-order valence-electron chi connectivity index (χ4n) is 2.49. The van der Waals surface area contributed by atoms with Gasteiger partial charge in [-0.15, -0.1) is 0 Å². The molecule has 5 nitrogen and oxygen atoms in total. The lowest BCUT2D eigenvalue weighted by molar-refractivity contribution is -0.120. The summed E-state index contributed by atoms with van der Waals surface area (Å²) in [5.74, 6) is 0.484. The van der Waals surface area contributed by atoms with Crippen molar-refractivity contribution in [1.82, 2.24) is 5.32 Å². The van der Waals surface area contributed by atoms with Crippen molar-refractivity contribution in [3.63, 3.8) is 0 Å². The highest BCUT2D eigenvalue weighted by molar-refractivity contribution is 5.94. The van der Waals surface area contributed by atoms with Crippen LogP contribution in [0, 0.1) is 12.8 Å². The molecule has 0 spiro atoms. The van der Waals surface area contributed by atoms with Gasteiger partial charge >= 0.3 is 0 Å². The van der Waals surface area contributed by atoms with E-state index in [-0.39, 0.29) is 17.9 Å². The van der Waals surface area contributed by atoms with Crippen LogP contribution < -0.4 is 15.4 Å². The fourth-order valence-corrected chi connectivity index (χ4v) is 2.49. The minimum atomic E-state index is -0.165. The summed E-state index contributed by atoms with van der Waals surface area (Å²) in [6.45, 7) is 6.03. The first kappa shape index (κ1) is 15.8. The lowest BCUT2D eigenvalue weighted by Crippen LogP contribution is -2.41. The zero-order valence-corrected chi connectivity index (χ0v) is 12.9. The number of amides is 1. The van der Waals surface area contributed by atoms with E-state index in [4.69, 9.17) is 9.47 Å². The Hall–Kier alpha value is -1.59. The molecule has 2 rings (SSSR count). The quantitative estimate of drug-likeness (QED) is 0.841. The summed E-state index contributed by atoms with van der Waals surface area (Å²) in [5, 5.41) is 6.34. The molecule has 1 heterocycles. The number of carbonyl (C=O) groups excluding carboxylic acids is 1. The van der Waals surface area contributed by atoms with E-state index in [1.165, 1.54) is 0 Å². The van der Waals surface area contributed by atoms with E-state index < -0.39 is 0 Å². The zero-order chi connectivity index (χ0) is 15.2. The molecular formula is C16H24N2O3. The Morgan fingerprint density at radius 2 is 2.24 bits per heavy atom. The normalized spacial score (nSPS) is 21.3. The van der Waals surface area contributed by atoms with Gasteiger partial charge in [-0.1, -0.05) is 13.0 Å². The lowest BCUT2D eigenvalue weighted by Gasteiger charge is -2.19. The predicted molar refractivity (Wildman–Crippen MR) is 82.8 cm³/mol. The Labute approximate surface area is 126 Å². The van der Waals surface area contributed by atoms with Gasteiger partial charge in [0, 0.05) is 6.04 Å². The summed E-state index contributed by atoms with van der Waals surface area (Å²) >= 11 is 0. The highest BCUT2D eigenvalue weighted by Gasteiger charge is 2.33. The molecule has 0 aromatic heterocycles.